The van der Waals surface area contributed by atoms with E-state index in [1.807, 2.05) is 49.4 Å². The number of nitrogens with one attached hydrogen (secondary N) is 1. The number of hydrazine groups is 1. The van der Waals surface area contributed by atoms with Crippen LogP contribution in [0.15, 0.2) is 66.7 Å². The van der Waals surface area contributed by atoms with Crippen molar-refractivity contribution in [3.05, 3.63) is 83.4 Å². The van der Waals surface area contributed by atoms with Crippen LogP contribution in [0.3, 0.4) is 0 Å². The molecule has 15 heteroatoms. The number of methoxy groups -OCH3 is 2. The number of benzene rings is 3. The number of hydrogen-bond donors (Lipinski definition) is 2. The highest BCUT2D eigenvalue weighted by atomic mass is 32.1. The minimum absolute atomic E-state index is 0.0588. The number of esters is 1. The Labute approximate surface area is 299 Å². The molecule has 2 atom stereocenters. The van der Waals surface area contributed by atoms with Crippen molar-refractivity contribution in [2.75, 3.05) is 46.2 Å². The van der Waals surface area contributed by atoms with Crippen LogP contribution in [0.1, 0.15) is 30.0 Å². The van der Waals surface area contributed by atoms with Crippen LogP contribution in [0.5, 0.6) is 11.5 Å². The van der Waals surface area contributed by atoms with Gasteiger partial charge >= 0.3 is 12.0 Å². The largest absolute Gasteiger partial charge is 0.497 e. The molecule has 6 rings (SSSR count). The number of nitrogens with two attached hydrogens (primary N) is 1. The number of carbonyl (C=O) groups is 4. The molecule has 2 aliphatic rings. The second-order valence-corrected chi connectivity index (χ2v) is 13.3. The summed E-state index contributed by atoms with van der Waals surface area (Å²) in [5.74, 6) is 0.232. The topological polar surface area (TPSA) is 160 Å². The van der Waals surface area contributed by atoms with E-state index in [1.54, 1.807) is 51.2 Å². The van der Waals surface area contributed by atoms with E-state index in [-0.39, 0.29) is 57.1 Å². The highest BCUT2D eigenvalue weighted by molar-refractivity contribution is 7.22. The molecule has 0 aliphatic carbocycles. The van der Waals surface area contributed by atoms with Gasteiger partial charge in [0.1, 0.15) is 23.7 Å². The zero-order chi connectivity index (χ0) is 36.1. The van der Waals surface area contributed by atoms with Gasteiger partial charge in [-0.05, 0) is 53.4 Å². The van der Waals surface area contributed by atoms with Crippen molar-refractivity contribution < 1.29 is 33.4 Å². The van der Waals surface area contributed by atoms with Gasteiger partial charge in [0.2, 0.25) is 11.8 Å². The Morgan fingerprint density at radius 3 is 2.45 bits per heavy atom. The van der Waals surface area contributed by atoms with E-state index in [0.29, 0.717) is 23.8 Å². The van der Waals surface area contributed by atoms with Gasteiger partial charge in [0, 0.05) is 26.1 Å². The van der Waals surface area contributed by atoms with E-state index in [4.69, 9.17) is 15.2 Å². The fourth-order valence-electron chi connectivity index (χ4n) is 6.46. The van der Waals surface area contributed by atoms with E-state index in [1.165, 1.54) is 18.4 Å². The zero-order valence-electron chi connectivity index (χ0n) is 28.7. The van der Waals surface area contributed by atoms with Crippen LogP contribution >= 0.6 is 11.3 Å². The number of ether oxygens (including phenoxy) is 3. The van der Waals surface area contributed by atoms with E-state index in [9.17, 15) is 19.2 Å². The fraction of sp³-hybridized carbons (Fsp3) is 0.361. The van der Waals surface area contributed by atoms with Crippen molar-refractivity contribution in [3.8, 4) is 11.5 Å². The summed E-state index contributed by atoms with van der Waals surface area (Å²) in [6, 6.07) is 19.1. The van der Waals surface area contributed by atoms with Crippen LogP contribution in [-0.4, -0.2) is 101 Å². The van der Waals surface area contributed by atoms with Crippen LogP contribution in [0.2, 0.25) is 0 Å². The number of nitrogen functional groups attached to an aromatic ring is 1. The quantitative estimate of drug-likeness (QED) is 0.197. The predicted octanol–water partition coefficient (Wildman–Crippen LogP) is 3.40. The maximum Gasteiger partial charge on any atom is 0.343 e. The molecular formula is C36H41N7O7S. The highest BCUT2D eigenvalue weighted by Crippen LogP contribution is 2.33. The molecule has 2 saturated heterocycles. The summed E-state index contributed by atoms with van der Waals surface area (Å²) < 4.78 is 16.3. The van der Waals surface area contributed by atoms with Crippen LogP contribution < -0.4 is 20.5 Å². The number of urea groups is 1. The molecular weight excluding hydrogens is 675 g/mol. The number of aromatic nitrogens is 1. The van der Waals surface area contributed by atoms with Crippen molar-refractivity contribution in [2.24, 2.45) is 0 Å². The SMILES string of the molecule is CCCN(C(=O)NCc1ccc(OC)cc1)N1CC(=O)N2[C@@H](Cc3ccc(OCC(=O)OC)cc3)C(=O)N(Cc3cccc4sc(N)nc34)C[C@@H]21. The number of piperazine rings is 1. The molecule has 1 aromatic heterocycles. The number of para-hydroxylation sites is 1. The van der Waals surface area contributed by atoms with Crippen molar-refractivity contribution in [2.45, 2.75) is 45.1 Å². The number of carbonyl (C=O) groups excluding carboxylic acids is 4. The standard InChI is InChI=1S/C36H41N7O7S/c1-4-16-41(36(47)38-18-24-10-12-26(48-2)13-11-24)42-21-31(44)43-28(17-23-8-14-27(15-9-23)50-22-32(45)49-3)34(46)40(20-30(42)43)19-25-6-5-7-29-33(25)39-35(37)51-29/h5-15,28,30H,4,16-22H2,1-3H3,(H2,37,39)(H,38,47)/t28-,30+/m0/s1. The predicted molar refractivity (Wildman–Crippen MR) is 190 cm³/mol. The third-order valence-electron chi connectivity index (χ3n) is 8.97. The Kier molecular flexibility index (Phi) is 10.9. The molecule has 3 aromatic carbocycles. The molecule has 4 aromatic rings. The van der Waals surface area contributed by atoms with Gasteiger partial charge in [-0.15, -0.1) is 0 Å². The number of fused-ring (bicyclic) bond motifs is 2. The van der Waals surface area contributed by atoms with Gasteiger partial charge in [0.05, 0.1) is 37.5 Å². The van der Waals surface area contributed by atoms with Crippen LogP contribution in [0.25, 0.3) is 10.2 Å². The fourth-order valence-corrected chi connectivity index (χ4v) is 7.25. The molecule has 268 valence electrons. The lowest BCUT2D eigenvalue weighted by molar-refractivity contribution is -0.157. The first-order valence-corrected chi connectivity index (χ1v) is 17.5. The molecule has 14 nitrogen and oxygen atoms in total. The Balaban J connectivity index is 1.27. The first-order chi connectivity index (χ1) is 24.7. The van der Waals surface area contributed by atoms with Crippen molar-refractivity contribution in [3.63, 3.8) is 0 Å². The van der Waals surface area contributed by atoms with Gasteiger partial charge in [-0.1, -0.05) is 54.7 Å². The minimum Gasteiger partial charge on any atom is -0.497 e. The molecule has 2 fully saturated rings. The Morgan fingerprint density at radius 1 is 1.02 bits per heavy atom. The second kappa shape index (κ2) is 15.6. The normalized spacial score (nSPS) is 17.4. The molecule has 0 bridgehead atoms. The molecule has 0 unspecified atom stereocenters. The summed E-state index contributed by atoms with van der Waals surface area (Å²) in [6.45, 7) is 2.77. The first kappa shape index (κ1) is 35.4. The van der Waals surface area contributed by atoms with Gasteiger partial charge in [-0.25, -0.2) is 14.6 Å². The Bertz CT molecular complexity index is 1890. The van der Waals surface area contributed by atoms with Gasteiger partial charge < -0.3 is 35.1 Å². The van der Waals surface area contributed by atoms with Gasteiger partial charge in [-0.2, -0.15) is 5.01 Å². The number of hydrogen-bond acceptors (Lipinski definition) is 11. The molecule has 0 spiro atoms. The van der Waals surface area contributed by atoms with Crippen molar-refractivity contribution in [1.82, 2.24) is 30.1 Å². The van der Waals surface area contributed by atoms with Crippen LogP contribution in [-0.2, 0) is 38.6 Å². The van der Waals surface area contributed by atoms with Crippen LogP contribution in [0, 0.1) is 0 Å². The lowest BCUT2D eigenvalue weighted by atomic mass is 9.99. The third kappa shape index (κ3) is 7.84. The summed E-state index contributed by atoms with van der Waals surface area (Å²) in [4.78, 5) is 61.5. The van der Waals surface area contributed by atoms with E-state index in [2.05, 4.69) is 15.0 Å². The summed E-state index contributed by atoms with van der Waals surface area (Å²) in [7, 11) is 2.89. The minimum atomic E-state index is -0.839. The smallest absolute Gasteiger partial charge is 0.343 e. The summed E-state index contributed by atoms with van der Waals surface area (Å²) >= 11 is 1.38. The number of thiazole rings is 1. The van der Waals surface area contributed by atoms with Gasteiger partial charge in [-0.3, -0.25) is 14.6 Å². The molecule has 51 heavy (non-hydrogen) atoms. The molecule has 0 radical (unpaired) electrons. The highest BCUT2D eigenvalue weighted by Gasteiger charge is 2.52. The number of amides is 4. The molecule has 4 amide bonds. The van der Waals surface area contributed by atoms with Crippen LogP contribution in [0.4, 0.5) is 9.93 Å². The van der Waals surface area contributed by atoms with E-state index < -0.39 is 18.2 Å². The summed E-state index contributed by atoms with van der Waals surface area (Å²) in [5.41, 5.74) is 9.31. The average molecular weight is 716 g/mol. The number of nitrogens with zero attached hydrogens (tertiary/aromatic N) is 5. The monoisotopic (exact) mass is 715 g/mol. The van der Waals surface area contributed by atoms with Crippen molar-refractivity contribution >= 4 is 50.5 Å². The molecule has 2 aliphatic heterocycles. The van der Waals surface area contributed by atoms with E-state index in [0.717, 1.165) is 32.7 Å². The Morgan fingerprint density at radius 2 is 1.75 bits per heavy atom. The first-order valence-electron chi connectivity index (χ1n) is 16.7. The Hall–Kier alpha value is -5.41. The summed E-state index contributed by atoms with van der Waals surface area (Å²) in [6.07, 6.45) is 0.284. The lowest BCUT2D eigenvalue weighted by Gasteiger charge is -2.46. The zero-order valence-corrected chi connectivity index (χ0v) is 29.6. The number of anilines is 1. The molecule has 3 heterocycles. The average Bonchev–Trinajstić information content (AvgIpc) is 3.69. The maximum absolute atomic E-state index is 14.4. The maximum atomic E-state index is 14.4. The third-order valence-corrected chi connectivity index (χ3v) is 9.82. The molecule has 3 N–H and O–H groups in total. The van der Waals surface area contributed by atoms with Crippen molar-refractivity contribution in [1.29, 1.82) is 0 Å². The lowest BCUT2D eigenvalue weighted by Crippen LogP contribution is -2.66. The van der Waals surface area contributed by atoms with E-state index >= 15 is 0 Å². The number of rotatable bonds is 13. The molecule has 0 saturated carbocycles. The van der Waals surface area contributed by atoms with Gasteiger partial charge in [0.25, 0.3) is 0 Å². The second-order valence-electron chi connectivity index (χ2n) is 12.3. The van der Waals surface area contributed by atoms with Gasteiger partial charge in [0.15, 0.2) is 11.7 Å². The summed E-state index contributed by atoms with van der Waals surface area (Å²) in [5, 5.41) is 6.82.